The van der Waals surface area contributed by atoms with E-state index in [4.69, 9.17) is 26.0 Å². The highest BCUT2D eigenvalue weighted by Gasteiger charge is 1.99. The molecule has 1 rings (SSSR count). The van der Waals surface area contributed by atoms with E-state index < -0.39 is 0 Å². The third-order valence-corrected chi connectivity index (χ3v) is 1.53. The van der Waals surface area contributed by atoms with Crippen LogP contribution in [0.15, 0.2) is 18.2 Å². The number of halogens is 1. The van der Waals surface area contributed by atoms with Crippen molar-refractivity contribution in [1.29, 1.82) is 0 Å². The van der Waals surface area contributed by atoms with Crippen LogP contribution in [0.25, 0.3) is 0 Å². The second-order valence-electron chi connectivity index (χ2n) is 2.10. The van der Waals surface area contributed by atoms with Crippen LogP contribution in [-0.2, 0) is 0 Å². The summed E-state index contributed by atoms with van der Waals surface area (Å²) in [7, 11) is 1.16. The molecule has 64 valence electrons. The van der Waals surface area contributed by atoms with Crippen molar-refractivity contribution < 1.29 is 14.4 Å². The lowest BCUT2D eigenvalue weighted by atomic mass is 10.3. The van der Waals surface area contributed by atoms with Gasteiger partial charge >= 0.3 is 7.69 Å². The molecule has 3 nitrogen and oxygen atoms in total. The first-order valence-corrected chi connectivity index (χ1v) is 3.72. The number of ether oxygens (including phenoxy) is 1. The molecule has 0 aliphatic heterocycles. The van der Waals surface area contributed by atoms with Gasteiger partial charge in [0.15, 0.2) is 0 Å². The Bertz CT molecular complexity index is 267. The second kappa shape index (κ2) is 4.23. The van der Waals surface area contributed by atoms with E-state index in [1.54, 1.807) is 18.2 Å². The fourth-order valence-corrected chi connectivity index (χ4v) is 1.03. The predicted octanol–water partition coefficient (Wildman–Crippen LogP) is 0.986. The predicted molar refractivity (Wildman–Crippen MR) is 48.0 cm³/mol. The van der Waals surface area contributed by atoms with E-state index in [9.17, 15) is 0 Å². The molecule has 0 spiro atoms. The van der Waals surface area contributed by atoms with Gasteiger partial charge in [0.05, 0.1) is 7.11 Å². The Balaban J connectivity index is 2.90. The van der Waals surface area contributed by atoms with Gasteiger partial charge in [-0.25, -0.2) is 0 Å². The molecule has 0 aliphatic rings. The molecular formula is C7H8BClO3. The van der Waals surface area contributed by atoms with Gasteiger partial charge in [-0.2, -0.15) is 0 Å². The molecule has 12 heavy (non-hydrogen) atoms. The van der Waals surface area contributed by atoms with Crippen molar-refractivity contribution in [2.45, 2.75) is 0 Å². The van der Waals surface area contributed by atoms with Crippen LogP contribution in [0.2, 0.25) is 5.02 Å². The van der Waals surface area contributed by atoms with Crippen molar-refractivity contribution in [3.8, 4) is 11.5 Å². The minimum absolute atomic E-state index is 0.372. The van der Waals surface area contributed by atoms with E-state index in [2.05, 4.69) is 0 Å². The topological polar surface area (TPSA) is 38.7 Å². The zero-order chi connectivity index (χ0) is 8.97. The molecule has 0 saturated carbocycles. The summed E-state index contributed by atoms with van der Waals surface area (Å²) in [6.45, 7) is 0. The maximum atomic E-state index is 8.47. The van der Waals surface area contributed by atoms with Crippen LogP contribution in [0.4, 0.5) is 0 Å². The number of rotatable bonds is 3. The van der Waals surface area contributed by atoms with Crippen LogP contribution in [-0.4, -0.2) is 19.8 Å². The number of benzene rings is 1. The van der Waals surface area contributed by atoms with E-state index in [0.29, 0.717) is 16.5 Å². The van der Waals surface area contributed by atoms with Crippen molar-refractivity contribution in [1.82, 2.24) is 0 Å². The van der Waals surface area contributed by atoms with Gasteiger partial charge in [0, 0.05) is 11.1 Å². The van der Waals surface area contributed by atoms with Gasteiger partial charge in [-0.1, -0.05) is 11.6 Å². The van der Waals surface area contributed by atoms with Crippen molar-refractivity contribution in [3.05, 3.63) is 23.2 Å². The van der Waals surface area contributed by atoms with Crippen LogP contribution in [0, 0.1) is 0 Å². The van der Waals surface area contributed by atoms with E-state index in [1.807, 2.05) is 0 Å². The molecule has 0 heterocycles. The SMILES string of the molecule is COc1cc(Cl)cc(OBO)c1. The summed E-state index contributed by atoms with van der Waals surface area (Å²) in [6, 6.07) is 4.90. The first-order valence-electron chi connectivity index (χ1n) is 3.34. The molecule has 0 radical (unpaired) electrons. The van der Waals surface area contributed by atoms with Gasteiger partial charge in [-0.3, -0.25) is 0 Å². The van der Waals surface area contributed by atoms with Crippen molar-refractivity contribution in [2.75, 3.05) is 7.11 Å². The highest BCUT2D eigenvalue weighted by molar-refractivity contribution is 6.31. The van der Waals surface area contributed by atoms with Gasteiger partial charge in [-0.15, -0.1) is 0 Å². The highest BCUT2D eigenvalue weighted by Crippen LogP contribution is 2.25. The summed E-state index contributed by atoms with van der Waals surface area (Å²) < 4.78 is 9.76. The Kier molecular flexibility index (Phi) is 3.25. The van der Waals surface area contributed by atoms with Gasteiger partial charge < -0.3 is 14.4 Å². The molecule has 1 aromatic carbocycles. The highest BCUT2D eigenvalue weighted by atomic mass is 35.5. The Labute approximate surface area is 76.2 Å². The largest absolute Gasteiger partial charge is 0.539 e. The average Bonchev–Trinajstić information content (AvgIpc) is 2.04. The Morgan fingerprint density at radius 1 is 1.33 bits per heavy atom. The Morgan fingerprint density at radius 2 is 2.00 bits per heavy atom. The molecule has 0 unspecified atom stereocenters. The van der Waals surface area contributed by atoms with Crippen molar-refractivity contribution >= 4 is 19.3 Å². The van der Waals surface area contributed by atoms with Gasteiger partial charge in [0.1, 0.15) is 11.5 Å². The summed E-state index contributed by atoms with van der Waals surface area (Å²) in [5.74, 6) is 1.09. The normalized spacial score (nSPS) is 9.25. The summed E-state index contributed by atoms with van der Waals surface area (Å²) >= 11 is 5.72. The minimum Gasteiger partial charge on any atom is -0.539 e. The maximum Gasteiger partial charge on any atom is 0.504 e. The molecule has 0 aromatic heterocycles. The van der Waals surface area contributed by atoms with Crippen LogP contribution in [0.5, 0.6) is 11.5 Å². The maximum absolute atomic E-state index is 8.47. The molecule has 0 fully saturated rings. The molecular weight excluding hydrogens is 178 g/mol. The van der Waals surface area contributed by atoms with Crippen molar-refractivity contribution in [2.24, 2.45) is 0 Å². The zero-order valence-corrected chi connectivity index (χ0v) is 7.34. The monoisotopic (exact) mass is 186 g/mol. The zero-order valence-electron chi connectivity index (χ0n) is 6.58. The van der Waals surface area contributed by atoms with E-state index in [0.717, 1.165) is 0 Å². The van der Waals surface area contributed by atoms with E-state index >= 15 is 0 Å². The molecule has 0 amide bonds. The van der Waals surface area contributed by atoms with E-state index in [1.165, 1.54) is 7.11 Å². The summed E-state index contributed by atoms with van der Waals surface area (Å²) in [5, 5.41) is 8.98. The molecule has 0 saturated heterocycles. The third-order valence-electron chi connectivity index (χ3n) is 1.31. The molecule has 5 heteroatoms. The lowest BCUT2D eigenvalue weighted by Crippen LogP contribution is -1.99. The molecule has 0 aliphatic carbocycles. The Hall–Kier alpha value is -0.865. The molecule has 1 N–H and O–H groups in total. The second-order valence-corrected chi connectivity index (χ2v) is 2.54. The number of hydrogen-bond acceptors (Lipinski definition) is 3. The fraction of sp³-hybridized carbons (Fsp3) is 0.143. The summed E-state index contributed by atoms with van der Waals surface area (Å²) in [6.07, 6.45) is 0. The standard InChI is InChI=1S/C7H8BClO3/c1-11-6-2-5(9)3-7(4-6)12-8-10/h2-4,8,10H,1H3. The van der Waals surface area contributed by atoms with Gasteiger partial charge in [0.2, 0.25) is 0 Å². The van der Waals surface area contributed by atoms with Gasteiger partial charge in [0.25, 0.3) is 0 Å². The van der Waals surface area contributed by atoms with Gasteiger partial charge in [-0.05, 0) is 12.1 Å². The molecule has 0 bridgehead atoms. The third kappa shape index (κ3) is 2.32. The van der Waals surface area contributed by atoms with Crippen LogP contribution < -0.4 is 9.39 Å². The van der Waals surface area contributed by atoms with Crippen LogP contribution in [0.3, 0.4) is 0 Å². The fourth-order valence-electron chi connectivity index (χ4n) is 0.813. The minimum atomic E-state index is -0.372. The first kappa shape index (κ1) is 9.22. The first-order chi connectivity index (χ1) is 5.76. The lowest BCUT2D eigenvalue weighted by molar-refractivity contribution is 0.409. The average molecular weight is 186 g/mol. The van der Waals surface area contributed by atoms with E-state index in [-0.39, 0.29) is 7.69 Å². The van der Waals surface area contributed by atoms with Crippen molar-refractivity contribution in [3.63, 3.8) is 0 Å². The summed E-state index contributed by atoms with van der Waals surface area (Å²) in [5.41, 5.74) is 0. The lowest BCUT2D eigenvalue weighted by Gasteiger charge is -2.05. The quantitative estimate of drug-likeness (QED) is 0.716. The number of hydrogen-bond donors (Lipinski definition) is 1. The number of methoxy groups -OCH3 is 1. The smallest absolute Gasteiger partial charge is 0.504 e. The summed E-state index contributed by atoms with van der Waals surface area (Å²) in [4.78, 5) is 0. The van der Waals surface area contributed by atoms with Crippen LogP contribution in [0.1, 0.15) is 0 Å². The van der Waals surface area contributed by atoms with Crippen LogP contribution >= 0.6 is 11.6 Å². The molecule has 0 atom stereocenters. The molecule has 1 aromatic rings. The Morgan fingerprint density at radius 3 is 2.58 bits per heavy atom.